The van der Waals surface area contributed by atoms with Crippen molar-refractivity contribution in [3.8, 4) is 11.8 Å². The topological polar surface area (TPSA) is 55.2 Å². The molecule has 1 N–H and O–H groups in total. The zero-order valence-electron chi connectivity index (χ0n) is 10.0. The monoisotopic (exact) mass is 272 g/mol. The van der Waals surface area contributed by atoms with Gasteiger partial charge in [-0.3, -0.25) is 10.1 Å². The molecule has 0 bridgehead atoms. The van der Waals surface area contributed by atoms with E-state index in [1.54, 1.807) is 7.05 Å². The molecule has 0 aliphatic carbocycles. The van der Waals surface area contributed by atoms with E-state index in [1.807, 2.05) is 0 Å². The van der Waals surface area contributed by atoms with Gasteiger partial charge in [-0.2, -0.15) is 13.2 Å². The lowest BCUT2D eigenvalue weighted by Crippen LogP contribution is -2.08. The van der Waals surface area contributed by atoms with Crippen LogP contribution in [0.1, 0.15) is 17.5 Å². The minimum absolute atomic E-state index is 0.358. The average molecular weight is 272 g/mol. The van der Waals surface area contributed by atoms with Gasteiger partial charge in [-0.05, 0) is 13.1 Å². The van der Waals surface area contributed by atoms with Crippen LogP contribution >= 0.6 is 0 Å². The van der Waals surface area contributed by atoms with Gasteiger partial charge in [0.25, 0.3) is 5.69 Å². The van der Waals surface area contributed by atoms with E-state index < -0.39 is 22.4 Å². The van der Waals surface area contributed by atoms with Gasteiger partial charge in [0.05, 0.1) is 10.5 Å². The first-order chi connectivity index (χ1) is 8.86. The number of nitrogens with one attached hydrogen (secondary N) is 1. The summed E-state index contributed by atoms with van der Waals surface area (Å²) in [6.07, 6.45) is -4.22. The molecule has 0 aliphatic heterocycles. The molecule has 102 valence electrons. The second-order valence-corrected chi connectivity index (χ2v) is 3.64. The highest BCUT2D eigenvalue weighted by Gasteiger charge is 2.33. The number of rotatable bonds is 3. The second kappa shape index (κ2) is 6.20. The Balaban J connectivity index is 3.17. The van der Waals surface area contributed by atoms with Crippen molar-refractivity contribution < 1.29 is 18.1 Å². The van der Waals surface area contributed by atoms with Crippen LogP contribution in [0.25, 0.3) is 0 Å². The van der Waals surface area contributed by atoms with Crippen molar-refractivity contribution in [3.05, 3.63) is 39.4 Å². The lowest BCUT2D eigenvalue weighted by Gasteiger charge is -2.08. The third kappa shape index (κ3) is 4.26. The first-order valence-electron chi connectivity index (χ1n) is 5.35. The summed E-state index contributed by atoms with van der Waals surface area (Å²) >= 11 is 0. The number of alkyl halides is 3. The number of non-ortho nitro benzene ring substituents is 1. The Labute approximate surface area is 107 Å². The quantitative estimate of drug-likeness (QED) is 0.398. The third-order valence-corrected chi connectivity index (χ3v) is 2.24. The zero-order chi connectivity index (χ0) is 14.5. The second-order valence-electron chi connectivity index (χ2n) is 3.64. The molecule has 1 aromatic rings. The van der Waals surface area contributed by atoms with Gasteiger partial charge in [0.2, 0.25) is 0 Å². The standard InChI is InChI=1S/C12H11F3N2O2/c1-16-7-3-2-4-9-8-10(17(18)19)5-6-11(9)12(13,14)15/h5-6,8,16H,3,7H2,1H3. The Morgan fingerprint density at radius 3 is 2.63 bits per heavy atom. The molecule has 1 rings (SSSR count). The summed E-state index contributed by atoms with van der Waals surface area (Å²) in [5, 5.41) is 13.4. The number of nitro benzene ring substituents is 1. The van der Waals surface area contributed by atoms with Gasteiger partial charge in [0.15, 0.2) is 0 Å². The van der Waals surface area contributed by atoms with Crippen LogP contribution < -0.4 is 5.32 Å². The SMILES string of the molecule is CNCCC#Cc1cc([N+](=O)[O-])ccc1C(F)(F)F. The number of hydrogen-bond acceptors (Lipinski definition) is 3. The van der Waals surface area contributed by atoms with Crippen molar-refractivity contribution >= 4 is 5.69 Å². The van der Waals surface area contributed by atoms with Crippen molar-refractivity contribution in [3.63, 3.8) is 0 Å². The summed E-state index contributed by atoms with van der Waals surface area (Å²) in [7, 11) is 1.69. The van der Waals surface area contributed by atoms with Crippen molar-refractivity contribution in [2.45, 2.75) is 12.6 Å². The normalized spacial score (nSPS) is 10.7. The fourth-order valence-corrected chi connectivity index (χ4v) is 1.34. The van der Waals surface area contributed by atoms with E-state index in [2.05, 4.69) is 17.2 Å². The van der Waals surface area contributed by atoms with Gasteiger partial charge in [-0.15, -0.1) is 0 Å². The summed E-state index contributed by atoms with van der Waals surface area (Å²) < 4.78 is 38.1. The summed E-state index contributed by atoms with van der Waals surface area (Å²) in [4.78, 5) is 9.81. The maximum Gasteiger partial charge on any atom is 0.417 e. The minimum atomic E-state index is -4.58. The molecule has 0 fully saturated rings. The molecule has 7 heteroatoms. The van der Waals surface area contributed by atoms with Gasteiger partial charge in [0, 0.05) is 30.7 Å². The van der Waals surface area contributed by atoms with Crippen LogP contribution in [0.15, 0.2) is 18.2 Å². The van der Waals surface area contributed by atoms with Gasteiger partial charge in [0.1, 0.15) is 0 Å². The van der Waals surface area contributed by atoms with E-state index in [0.717, 1.165) is 12.1 Å². The van der Waals surface area contributed by atoms with E-state index in [4.69, 9.17) is 0 Å². The van der Waals surface area contributed by atoms with Crippen molar-refractivity contribution in [1.82, 2.24) is 5.32 Å². The summed E-state index contributed by atoms with van der Waals surface area (Å²) in [5.41, 5.74) is -1.75. The number of nitrogens with zero attached hydrogens (tertiary/aromatic N) is 1. The van der Waals surface area contributed by atoms with E-state index in [1.165, 1.54) is 0 Å². The van der Waals surface area contributed by atoms with Crippen molar-refractivity contribution in [1.29, 1.82) is 0 Å². The Morgan fingerprint density at radius 2 is 2.11 bits per heavy atom. The summed E-state index contributed by atoms with van der Waals surface area (Å²) in [6, 6.07) is 2.34. The van der Waals surface area contributed by atoms with E-state index in [9.17, 15) is 23.3 Å². The molecular formula is C12H11F3N2O2. The molecule has 0 radical (unpaired) electrons. The van der Waals surface area contributed by atoms with Gasteiger partial charge >= 0.3 is 6.18 Å². The van der Waals surface area contributed by atoms with Crippen LogP contribution in [-0.2, 0) is 6.18 Å². The highest BCUT2D eigenvalue weighted by atomic mass is 19.4. The number of benzene rings is 1. The third-order valence-electron chi connectivity index (χ3n) is 2.24. The van der Waals surface area contributed by atoms with Crippen LogP contribution in [0.3, 0.4) is 0 Å². The van der Waals surface area contributed by atoms with Crippen LogP contribution in [0, 0.1) is 22.0 Å². The molecule has 0 heterocycles. The number of hydrogen-bond donors (Lipinski definition) is 1. The lowest BCUT2D eigenvalue weighted by molar-refractivity contribution is -0.384. The molecule has 0 unspecified atom stereocenters. The fourth-order valence-electron chi connectivity index (χ4n) is 1.34. The minimum Gasteiger partial charge on any atom is -0.319 e. The van der Waals surface area contributed by atoms with Crippen LogP contribution in [0.4, 0.5) is 18.9 Å². The maximum absolute atomic E-state index is 12.7. The van der Waals surface area contributed by atoms with Crippen molar-refractivity contribution in [2.24, 2.45) is 0 Å². The van der Waals surface area contributed by atoms with Gasteiger partial charge in [-0.25, -0.2) is 0 Å². The van der Waals surface area contributed by atoms with Crippen LogP contribution in [0.2, 0.25) is 0 Å². The van der Waals surface area contributed by atoms with Gasteiger partial charge in [-0.1, -0.05) is 11.8 Å². The predicted octanol–water partition coefficient (Wildman–Crippen LogP) is 2.57. The lowest BCUT2D eigenvalue weighted by atomic mass is 10.1. The van der Waals surface area contributed by atoms with E-state index in [0.29, 0.717) is 19.0 Å². The predicted molar refractivity (Wildman–Crippen MR) is 63.5 cm³/mol. The molecule has 19 heavy (non-hydrogen) atoms. The Morgan fingerprint density at radius 1 is 1.42 bits per heavy atom. The molecule has 0 aromatic heterocycles. The van der Waals surface area contributed by atoms with Gasteiger partial charge < -0.3 is 5.32 Å². The highest BCUT2D eigenvalue weighted by molar-refractivity contribution is 5.49. The molecule has 0 saturated heterocycles. The smallest absolute Gasteiger partial charge is 0.319 e. The van der Waals surface area contributed by atoms with Crippen LogP contribution in [-0.4, -0.2) is 18.5 Å². The summed E-state index contributed by atoms with van der Waals surface area (Å²) in [5.74, 6) is 4.88. The molecule has 0 spiro atoms. The molecule has 0 aliphatic rings. The van der Waals surface area contributed by atoms with Crippen LogP contribution in [0.5, 0.6) is 0 Å². The Kier molecular flexibility index (Phi) is 4.89. The molecule has 0 atom stereocenters. The molecule has 4 nitrogen and oxygen atoms in total. The van der Waals surface area contributed by atoms with Crippen molar-refractivity contribution in [2.75, 3.05) is 13.6 Å². The van der Waals surface area contributed by atoms with E-state index in [-0.39, 0.29) is 5.56 Å². The zero-order valence-corrected chi connectivity index (χ0v) is 10.0. The molecule has 0 amide bonds. The Hall–Kier alpha value is -2.07. The average Bonchev–Trinajstić information content (AvgIpc) is 2.33. The summed E-state index contributed by atoms with van der Waals surface area (Å²) in [6.45, 7) is 0.531. The molecular weight excluding hydrogens is 261 g/mol. The number of nitro groups is 1. The fraction of sp³-hybridized carbons (Fsp3) is 0.333. The molecule has 0 saturated carbocycles. The maximum atomic E-state index is 12.7. The largest absolute Gasteiger partial charge is 0.417 e. The molecule has 1 aromatic carbocycles. The van der Waals surface area contributed by atoms with E-state index >= 15 is 0 Å². The Bertz CT molecular complexity index is 530. The first kappa shape index (κ1) is 15.0. The number of halogens is 3. The first-order valence-corrected chi connectivity index (χ1v) is 5.35. The highest BCUT2D eigenvalue weighted by Crippen LogP contribution is 2.33.